The van der Waals surface area contributed by atoms with Crippen molar-refractivity contribution >= 4 is 17.8 Å². The van der Waals surface area contributed by atoms with E-state index in [9.17, 15) is 14.4 Å². The summed E-state index contributed by atoms with van der Waals surface area (Å²) in [6.45, 7) is 3.95. The van der Waals surface area contributed by atoms with Crippen LogP contribution in [0.3, 0.4) is 0 Å². The number of carbonyl (C=O) groups excluding carboxylic acids is 3. The maximum atomic E-state index is 12.5. The number of nitrogens with zero attached hydrogens (tertiary/aromatic N) is 1. The largest absolute Gasteiger partial charge is 0.355 e. The summed E-state index contributed by atoms with van der Waals surface area (Å²) in [7, 11) is 0. The fraction of sp³-hybridized carbons (Fsp3) is 0.471. The highest BCUT2D eigenvalue weighted by molar-refractivity contribution is 6.08. The number of amides is 4. The number of carbonyl (C=O) groups is 3. The van der Waals surface area contributed by atoms with E-state index in [2.05, 4.69) is 10.6 Å². The zero-order chi connectivity index (χ0) is 16.9. The zero-order valence-electron chi connectivity index (χ0n) is 13.6. The van der Waals surface area contributed by atoms with Gasteiger partial charge in [0.1, 0.15) is 12.1 Å². The van der Waals surface area contributed by atoms with Gasteiger partial charge >= 0.3 is 6.03 Å². The van der Waals surface area contributed by atoms with E-state index >= 15 is 0 Å². The Kier molecular flexibility index (Phi) is 5.36. The van der Waals surface area contributed by atoms with Gasteiger partial charge in [-0.1, -0.05) is 37.3 Å². The van der Waals surface area contributed by atoms with E-state index in [0.29, 0.717) is 19.4 Å². The average Bonchev–Trinajstić information content (AvgIpc) is 2.76. The molecule has 0 radical (unpaired) electrons. The van der Waals surface area contributed by atoms with Crippen molar-refractivity contribution in [3.8, 4) is 0 Å². The number of hydrogen-bond acceptors (Lipinski definition) is 3. The summed E-state index contributed by atoms with van der Waals surface area (Å²) in [5.74, 6) is -0.660. The van der Waals surface area contributed by atoms with Crippen LogP contribution < -0.4 is 10.6 Å². The van der Waals surface area contributed by atoms with Gasteiger partial charge in [-0.3, -0.25) is 14.5 Å². The standard InChI is InChI=1S/C17H23N3O3/c1-3-11-18-14(21)12-20-15(22)17(2,19-16(20)23)10-9-13-7-5-4-6-8-13/h4-8H,3,9-12H2,1-2H3,(H,18,21)(H,19,23)/t17-/m0/s1. The van der Waals surface area contributed by atoms with Gasteiger partial charge < -0.3 is 10.6 Å². The molecule has 1 fully saturated rings. The first kappa shape index (κ1) is 17.0. The van der Waals surface area contributed by atoms with Gasteiger partial charge in [-0.05, 0) is 31.7 Å². The van der Waals surface area contributed by atoms with Gasteiger partial charge in [-0.2, -0.15) is 0 Å². The summed E-state index contributed by atoms with van der Waals surface area (Å²) in [6.07, 6.45) is 1.98. The molecule has 6 nitrogen and oxygen atoms in total. The van der Waals surface area contributed by atoms with Crippen molar-refractivity contribution in [3.63, 3.8) is 0 Å². The first-order chi connectivity index (χ1) is 11.0. The van der Waals surface area contributed by atoms with Crippen LogP contribution in [-0.2, 0) is 16.0 Å². The highest BCUT2D eigenvalue weighted by Gasteiger charge is 2.47. The van der Waals surface area contributed by atoms with Crippen LogP contribution in [0.25, 0.3) is 0 Å². The number of rotatable bonds is 7. The topological polar surface area (TPSA) is 78.5 Å². The maximum absolute atomic E-state index is 12.5. The van der Waals surface area contributed by atoms with Gasteiger partial charge in [0.05, 0.1) is 0 Å². The SMILES string of the molecule is CCCNC(=O)CN1C(=O)N[C@@](C)(CCc2ccccc2)C1=O. The van der Waals surface area contributed by atoms with Crippen molar-refractivity contribution in [2.45, 2.75) is 38.6 Å². The number of imide groups is 1. The number of nitrogens with one attached hydrogen (secondary N) is 2. The molecule has 1 atom stereocenters. The predicted molar refractivity (Wildman–Crippen MR) is 86.7 cm³/mol. The molecule has 0 unspecified atom stereocenters. The molecule has 1 aliphatic heterocycles. The Morgan fingerprint density at radius 2 is 1.96 bits per heavy atom. The second-order valence-corrected chi connectivity index (χ2v) is 5.99. The minimum Gasteiger partial charge on any atom is -0.355 e. The second-order valence-electron chi connectivity index (χ2n) is 5.99. The average molecular weight is 317 g/mol. The fourth-order valence-electron chi connectivity index (χ4n) is 2.56. The third-order valence-electron chi connectivity index (χ3n) is 3.98. The molecule has 124 valence electrons. The van der Waals surface area contributed by atoms with Gasteiger partial charge in [-0.25, -0.2) is 4.79 Å². The number of hydrogen-bond donors (Lipinski definition) is 2. The lowest BCUT2D eigenvalue weighted by Gasteiger charge is -2.21. The van der Waals surface area contributed by atoms with Gasteiger partial charge in [-0.15, -0.1) is 0 Å². The van der Waals surface area contributed by atoms with E-state index < -0.39 is 11.6 Å². The summed E-state index contributed by atoms with van der Waals surface area (Å²) in [4.78, 5) is 37.3. The minimum atomic E-state index is -0.960. The van der Waals surface area contributed by atoms with E-state index in [4.69, 9.17) is 0 Å². The molecular formula is C17H23N3O3. The summed E-state index contributed by atoms with van der Waals surface area (Å²) in [5.41, 5.74) is 0.146. The van der Waals surface area contributed by atoms with Crippen LogP contribution >= 0.6 is 0 Å². The smallest absolute Gasteiger partial charge is 0.325 e. The first-order valence-electron chi connectivity index (χ1n) is 7.91. The van der Waals surface area contributed by atoms with Crippen LogP contribution in [0, 0.1) is 0 Å². The van der Waals surface area contributed by atoms with Crippen LogP contribution in [0.5, 0.6) is 0 Å². The normalized spacial score (nSPS) is 20.5. The lowest BCUT2D eigenvalue weighted by atomic mass is 9.93. The third kappa shape index (κ3) is 4.09. The fourth-order valence-corrected chi connectivity index (χ4v) is 2.56. The van der Waals surface area contributed by atoms with Crippen LogP contribution in [0.1, 0.15) is 32.3 Å². The van der Waals surface area contributed by atoms with Crippen LogP contribution in [0.15, 0.2) is 30.3 Å². The molecule has 23 heavy (non-hydrogen) atoms. The molecule has 4 amide bonds. The van der Waals surface area contributed by atoms with E-state index in [0.717, 1.165) is 16.9 Å². The molecule has 1 aliphatic rings. The lowest BCUT2D eigenvalue weighted by Crippen LogP contribution is -2.45. The highest BCUT2D eigenvalue weighted by Crippen LogP contribution is 2.23. The van der Waals surface area contributed by atoms with Crippen molar-refractivity contribution in [2.24, 2.45) is 0 Å². The Morgan fingerprint density at radius 1 is 1.26 bits per heavy atom. The number of urea groups is 1. The maximum Gasteiger partial charge on any atom is 0.325 e. The zero-order valence-corrected chi connectivity index (χ0v) is 13.6. The van der Waals surface area contributed by atoms with Gasteiger partial charge in [0.25, 0.3) is 5.91 Å². The Hall–Kier alpha value is -2.37. The Morgan fingerprint density at radius 3 is 2.61 bits per heavy atom. The highest BCUT2D eigenvalue weighted by atomic mass is 16.2. The molecule has 2 N–H and O–H groups in total. The lowest BCUT2D eigenvalue weighted by molar-refractivity contribution is -0.134. The summed E-state index contributed by atoms with van der Waals surface area (Å²) >= 11 is 0. The van der Waals surface area contributed by atoms with Crippen LogP contribution in [0.2, 0.25) is 0 Å². The summed E-state index contributed by atoms with van der Waals surface area (Å²) in [5, 5.41) is 5.39. The van der Waals surface area contributed by atoms with Gasteiger partial charge in [0, 0.05) is 6.54 Å². The van der Waals surface area contributed by atoms with Crippen molar-refractivity contribution in [1.82, 2.24) is 15.5 Å². The molecule has 0 spiro atoms. The summed E-state index contributed by atoms with van der Waals surface area (Å²) < 4.78 is 0. The molecule has 1 heterocycles. The Balaban J connectivity index is 1.97. The Labute approximate surface area is 136 Å². The first-order valence-corrected chi connectivity index (χ1v) is 7.91. The number of aryl methyl sites for hydroxylation is 1. The van der Waals surface area contributed by atoms with Crippen molar-refractivity contribution in [2.75, 3.05) is 13.1 Å². The van der Waals surface area contributed by atoms with E-state index in [1.807, 2.05) is 37.3 Å². The van der Waals surface area contributed by atoms with Gasteiger partial charge in [0.15, 0.2) is 0 Å². The van der Waals surface area contributed by atoms with Crippen molar-refractivity contribution in [3.05, 3.63) is 35.9 Å². The quantitative estimate of drug-likeness (QED) is 0.747. The Bertz CT molecular complexity index is 588. The van der Waals surface area contributed by atoms with Crippen LogP contribution in [0.4, 0.5) is 4.79 Å². The third-order valence-corrected chi connectivity index (χ3v) is 3.98. The molecule has 0 bridgehead atoms. The molecule has 6 heteroatoms. The number of benzene rings is 1. The van der Waals surface area contributed by atoms with Crippen molar-refractivity contribution < 1.29 is 14.4 Å². The van der Waals surface area contributed by atoms with Crippen molar-refractivity contribution in [1.29, 1.82) is 0 Å². The molecular weight excluding hydrogens is 294 g/mol. The molecule has 0 aromatic heterocycles. The summed E-state index contributed by atoms with van der Waals surface area (Å²) in [6, 6.07) is 9.29. The van der Waals surface area contributed by atoms with E-state index in [-0.39, 0.29) is 18.4 Å². The predicted octanol–water partition coefficient (Wildman–Crippen LogP) is 1.46. The van der Waals surface area contributed by atoms with Gasteiger partial charge in [0.2, 0.25) is 5.91 Å². The van der Waals surface area contributed by atoms with Crippen LogP contribution in [-0.4, -0.2) is 41.4 Å². The minimum absolute atomic E-state index is 0.231. The molecule has 1 saturated heterocycles. The van der Waals surface area contributed by atoms with E-state index in [1.54, 1.807) is 6.92 Å². The monoisotopic (exact) mass is 317 g/mol. The molecule has 0 saturated carbocycles. The van der Waals surface area contributed by atoms with E-state index in [1.165, 1.54) is 0 Å². The second kappa shape index (κ2) is 7.26. The molecule has 0 aliphatic carbocycles. The molecule has 2 rings (SSSR count). The molecule has 1 aromatic rings. The molecule has 1 aromatic carbocycles.